The summed E-state index contributed by atoms with van der Waals surface area (Å²) in [6, 6.07) is 7.11. The zero-order valence-corrected chi connectivity index (χ0v) is 18.9. The fraction of sp³-hybridized carbons (Fsp3) is 0.391. The largest absolute Gasteiger partial charge is 0.447 e. The molecule has 0 spiro atoms. The summed E-state index contributed by atoms with van der Waals surface area (Å²) in [5, 5.41) is 11.3. The van der Waals surface area contributed by atoms with Crippen LogP contribution in [0.25, 0.3) is 11.5 Å². The number of nitrogens with one attached hydrogen (secondary N) is 1. The number of rotatable bonds is 6. The van der Waals surface area contributed by atoms with E-state index in [0.717, 1.165) is 36.3 Å². The lowest BCUT2D eigenvalue weighted by molar-refractivity contribution is 0.0688. The Morgan fingerprint density at radius 1 is 1.12 bits per heavy atom. The third-order valence-corrected chi connectivity index (χ3v) is 5.93. The van der Waals surface area contributed by atoms with Gasteiger partial charge in [-0.25, -0.2) is 9.78 Å². The normalized spacial score (nSPS) is 14.4. The van der Waals surface area contributed by atoms with Crippen LogP contribution in [-0.2, 0) is 35.4 Å². The standard InChI is InChI=1S/C23H25N7O4/c1-33-10-11-34-23(32)29-9-7-15-13-24-18(12-16(15)14-29)22(31)26-19-5-2-4-17(25-19)21-28-27-20-6-3-8-30(20)21/h2,4-5,12-13H,3,6-11,14H2,1H3,(H,25,26,31). The van der Waals surface area contributed by atoms with Crippen LogP contribution in [0.15, 0.2) is 30.5 Å². The number of hydrogen-bond acceptors (Lipinski definition) is 8. The average Bonchev–Trinajstić information content (AvgIpc) is 3.48. The molecule has 2 aliphatic heterocycles. The van der Waals surface area contributed by atoms with E-state index in [1.807, 2.05) is 12.1 Å². The molecule has 11 nitrogen and oxygen atoms in total. The molecular formula is C23H25N7O4. The summed E-state index contributed by atoms with van der Waals surface area (Å²) < 4.78 is 12.2. The number of hydrogen-bond donors (Lipinski definition) is 1. The van der Waals surface area contributed by atoms with Crippen LogP contribution in [0.4, 0.5) is 10.6 Å². The molecule has 0 atom stereocenters. The fourth-order valence-corrected chi connectivity index (χ4v) is 4.17. The predicted octanol–water partition coefficient (Wildman–Crippen LogP) is 2.07. The second-order valence-electron chi connectivity index (χ2n) is 8.17. The SMILES string of the molecule is COCCOC(=O)N1CCc2cnc(C(=O)Nc3cccc(-c4nnc5n4CCC5)n3)cc2C1. The molecule has 1 N–H and O–H groups in total. The van der Waals surface area contributed by atoms with Crippen LogP contribution >= 0.6 is 0 Å². The summed E-state index contributed by atoms with van der Waals surface area (Å²) in [5.41, 5.74) is 2.79. The topological polar surface area (TPSA) is 124 Å². The highest BCUT2D eigenvalue weighted by Gasteiger charge is 2.24. The van der Waals surface area contributed by atoms with Gasteiger partial charge >= 0.3 is 6.09 Å². The summed E-state index contributed by atoms with van der Waals surface area (Å²) >= 11 is 0. The third-order valence-electron chi connectivity index (χ3n) is 5.93. The first-order valence-electron chi connectivity index (χ1n) is 11.2. The lowest BCUT2D eigenvalue weighted by Gasteiger charge is -2.28. The van der Waals surface area contributed by atoms with Gasteiger partial charge < -0.3 is 24.3 Å². The molecule has 34 heavy (non-hydrogen) atoms. The second-order valence-corrected chi connectivity index (χ2v) is 8.17. The Morgan fingerprint density at radius 3 is 2.91 bits per heavy atom. The molecule has 0 saturated heterocycles. The van der Waals surface area contributed by atoms with E-state index in [9.17, 15) is 9.59 Å². The van der Waals surface area contributed by atoms with Crippen molar-refractivity contribution in [1.82, 2.24) is 29.6 Å². The number of pyridine rings is 2. The van der Waals surface area contributed by atoms with E-state index in [0.29, 0.717) is 43.5 Å². The number of anilines is 1. The smallest absolute Gasteiger partial charge is 0.410 e. The summed E-state index contributed by atoms with van der Waals surface area (Å²) in [5.74, 6) is 1.69. The number of carbonyl (C=O) groups is 2. The zero-order valence-electron chi connectivity index (χ0n) is 18.9. The molecule has 5 heterocycles. The van der Waals surface area contributed by atoms with Crippen LogP contribution in [0.1, 0.15) is 33.9 Å². The summed E-state index contributed by atoms with van der Waals surface area (Å²) in [6.07, 6.45) is 3.90. The van der Waals surface area contributed by atoms with Crippen molar-refractivity contribution >= 4 is 17.8 Å². The number of methoxy groups -OCH3 is 1. The van der Waals surface area contributed by atoms with Gasteiger partial charge in [-0.1, -0.05) is 6.07 Å². The van der Waals surface area contributed by atoms with Gasteiger partial charge in [0.05, 0.1) is 6.61 Å². The molecule has 0 aliphatic carbocycles. The van der Waals surface area contributed by atoms with E-state index in [1.54, 1.807) is 30.3 Å². The minimum Gasteiger partial charge on any atom is -0.447 e. The van der Waals surface area contributed by atoms with Crippen molar-refractivity contribution in [2.75, 3.05) is 32.2 Å². The van der Waals surface area contributed by atoms with Crippen molar-refractivity contribution in [3.63, 3.8) is 0 Å². The van der Waals surface area contributed by atoms with Crippen molar-refractivity contribution in [2.24, 2.45) is 0 Å². The Bertz CT molecular complexity index is 1230. The minimum absolute atomic E-state index is 0.201. The van der Waals surface area contributed by atoms with Crippen LogP contribution in [0.2, 0.25) is 0 Å². The summed E-state index contributed by atoms with van der Waals surface area (Å²) in [6.45, 7) is 2.31. The molecule has 2 aliphatic rings. The maximum Gasteiger partial charge on any atom is 0.410 e. The predicted molar refractivity (Wildman–Crippen MR) is 121 cm³/mol. The maximum atomic E-state index is 12.9. The number of ether oxygens (including phenoxy) is 2. The molecule has 0 saturated carbocycles. The third kappa shape index (κ3) is 4.46. The van der Waals surface area contributed by atoms with E-state index in [-0.39, 0.29) is 18.2 Å². The van der Waals surface area contributed by atoms with Gasteiger partial charge in [-0.05, 0) is 42.2 Å². The maximum absolute atomic E-state index is 12.9. The Morgan fingerprint density at radius 2 is 2.03 bits per heavy atom. The Labute approximate surface area is 196 Å². The van der Waals surface area contributed by atoms with Crippen molar-refractivity contribution in [1.29, 1.82) is 0 Å². The van der Waals surface area contributed by atoms with Crippen LogP contribution in [-0.4, -0.2) is 68.5 Å². The highest BCUT2D eigenvalue weighted by molar-refractivity contribution is 6.02. The van der Waals surface area contributed by atoms with Crippen LogP contribution < -0.4 is 5.32 Å². The molecule has 5 rings (SSSR count). The van der Waals surface area contributed by atoms with Crippen LogP contribution in [0.5, 0.6) is 0 Å². The molecule has 0 bridgehead atoms. The van der Waals surface area contributed by atoms with E-state index >= 15 is 0 Å². The van der Waals surface area contributed by atoms with E-state index in [2.05, 4.69) is 30.0 Å². The number of fused-ring (bicyclic) bond motifs is 2. The van der Waals surface area contributed by atoms with Crippen molar-refractivity contribution in [3.05, 3.63) is 53.1 Å². The van der Waals surface area contributed by atoms with Gasteiger partial charge in [0.25, 0.3) is 5.91 Å². The minimum atomic E-state index is -0.397. The molecule has 0 radical (unpaired) electrons. The first-order chi connectivity index (χ1) is 16.6. The summed E-state index contributed by atoms with van der Waals surface area (Å²) in [7, 11) is 1.55. The molecule has 2 amide bonds. The monoisotopic (exact) mass is 463 g/mol. The molecule has 3 aromatic heterocycles. The Hall–Kier alpha value is -3.86. The van der Waals surface area contributed by atoms with Gasteiger partial charge in [0.1, 0.15) is 29.6 Å². The Kier molecular flexibility index (Phi) is 6.17. The van der Waals surface area contributed by atoms with Crippen LogP contribution in [0.3, 0.4) is 0 Å². The van der Waals surface area contributed by atoms with Gasteiger partial charge in [-0.2, -0.15) is 0 Å². The van der Waals surface area contributed by atoms with Gasteiger partial charge in [-0.15, -0.1) is 10.2 Å². The van der Waals surface area contributed by atoms with Gasteiger partial charge in [-0.3, -0.25) is 9.78 Å². The van der Waals surface area contributed by atoms with Crippen LogP contribution in [0, 0.1) is 0 Å². The van der Waals surface area contributed by atoms with E-state index in [4.69, 9.17) is 9.47 Å². The lowest BCUT2D eigenvalue weighted by atomic mass is 10.0. The molecule has 11 heteroatoms. The van der Waals surface area contributed by atoms with Gasteiger partial charge in [0.15, 0.2) is 5.82 Å². The molecule has 176 valence electrons. The molecule has 3 aromatic rings. The number of aromatic nitrogens is 5. The number of amides is 2. The van der Waals surface area contributed by atoms with Crippen molar-refractivity contribution in [2.45, 2.75) is 32.4 Å². The highest BCUT2D eigenvalue weighted by Crippen LogP contribution is 2.23. The van der Waals surface area contributed by atoms with E-state index < -0.39 is 6.09 Å². The van der Waals surface area contributed by atoms with Crippen molar-refractivity contribution in [3.8, 4) is 11.5 Å². The van der Waals surface area contributed by atoms with Gasteiger partial charge in [0.2, 0.25) is 0 Å². The fourth-order valence-electron chi connectivity index (χ4n) is 4.17. The number of nitrogens with zero attached hydrogens (tertiary/aromatic N) is 6. The molecule has 0 unspecified atom stereocenters. The average molecular weight is 463 g/mol. The van der Waals surface area contributed by atoms with Crippen molar-refractivity contribution < 1.29 is 19.1 Å². The number of carbonyl (C=O) groups excluding carboxylic acids is 2. The zero-order chi connectivity index (χ0) is 23.5. The highest BCUT2D eigenvalue weighted by atomic mass is 16.6. The lowest BCUT2D eigenvalue weighted by Crippen LogP contribution is -2.37. The first kappa shape index (κ1) is 22.0. The number of aryl methyl sites for hydroxylation is 1. The first-order valence-corrected chi connectivity index (χ1v) is 11.2. The summed E-state index contributed by atoms with van der Waals surface area (Å²) in [4.78, 5) is 35.7. The van der Waals surface area contributed by atoms with E-state index in [1.165, 1.54) is 0 Å². The molecule has 0 fully saturated rings. The van der Waals surface area contributed by atoms with Gasteiger partial charge in [0, 0.05) is 39.4 Å². The molecule has 0 aromatic carbocycles. The second kappa shape index (κ2) is 9.56. The Balaban J connectivity index is 1.28. The molecular weight excluding hydrogens is 438 g/mol. The quantitative estimate of drug-likeness (QED) is 0.551.